The van der Waals surface area contributed by atoms with Crippen molar-refractivity contribution in [2.24, 2.45) is 16.8 Å². The number of hydrogen-bond acceptors (Lipinski definition) is 2. The molecule has 0 heterocycles. The van der Waals surface area contributed by atoms with Crippen LogP contribution in [0.4, 0.5) is 13.2 Å². The zero-order valence-electron chi connectivity index (χ0n) is 14.3. The molecule has 7 heteroatoms. The zero-order valence-corrected chi connectivity index (χ0v) is 16.6. The molecule has 1 aromatic rings. The summed E-state index contributed by atoms with van der Waals surface area (Å²) in [5.74, 6) is 0.319. The third-order valence-corrected chi connectivity index (χ3v) is 6.34. The van der Waals surface area contributed by atoms with Crippen LogP contribution in [-0.2, 0) is 6.54 Å². The molecule has 1 aliphatic rings. The molecule has 1 aliphatic carbocycles. The van der Waals surface area contributed by atoms with Gasteiger partial charge in [0.1, 0.15) is 0 Å². The van der Waals surface area contributed by atoms with Crippen LogP contribution < -0.4 is 0 Å². The third kappa shape index (κ3) is 6.69. The molecule has 0 saturated heterocycles. The molecule has 1 fully saturated rings. The molecule has 1 unspecified atom stereocenters. The van der Waals surface area contributed by atoms with Crippen molar-refractivity contribution in [1.82, 2.24) is 0 Å². The van der Waals surface area contributed by atoms with E-state index >= 15 is 0 Å². The summed E-state index contributed by atoms with van der Waals surface area (Å²) in [7, 11) is 0. The summed E-state index contributed by atoms with van der Waals surface area (Å²) in [5, 5.41) is 0.690. The minimum atomic E-state index is -4.23. The molecular formula is C18H22Cl2F3NS. The number of benzene rings is 1. The molecular weight excluding hydrogens is 390 g/mol. The molecule has 1 nitrogen and oxygen atoms in total. The highest BCUT2D eigenvalue weighted by Crippen LogP contribution is 2.36. The first-order valence-corrected chi connectivity index (χ1v) is 10.1. The lowest BCUT2D eigenvalue weighted by Gasteiger charge is -2.26. The van der Waals surface area contributed by atoms with E-state index in [-0.39, 0.29) is 5.02 Å². The van der Waals surface area contributed by atoms with Crippen LogP contribution >= 0.6 is 35.0 Å². The lowest BCUT2D eigenvalue weighted by molar-refractivity contribution is -0.105. The first-order chi connectivity index (χ1) is 11.7. The topological polar surface area (TPSA) is 12.4 Å². The predicted molar refractivity (Wildman–Crippen MR) is 101 cm³/mol. The van der Waals surface area contributed by atoms with Crippen LogP contribution in [0.5, 0.6) is 0 Å². The van der Waals surface area contributed by atoms with Crippen LogP contribution in [0.3, 0.4) is 0 Å². The second kappa shape index (κ2) is 9.01. The average Bonchev–Trinajstić information content (AvgIpc) is 2.52. The van der Waals surface area contributed by atoms with E-state index in [0.29, 0.717) is 40.1 Å². The Kier molecular flexibility index (Phi) is 7.53. The number of hydrogen-bond donors (Lipinski definition) is 0. The molecule has 0 bridgehead atoms. The van der Waals surface area contributed by atoms with Crippen molar-refractivity contribution in [2.75, 3.05) is 5.75 Å². The van der Waals surface area contributed by atoms with E-state index in [1.54, 1.807) is 6.07 Å². The van der Waals surface area contributed by atoms with Crippen molar-refractivity contribution >= 4 is 40.7 Å². The maximum atomic E-state index is 12.4. The van der Waals surface area contributed by atoms with Crippen molar-refractivity contribution in [3.05, 3.63) is 27.7 Å². The normalized spacial score (nSPS) is 20.5. The van der Waals surface area contributed by atoms with Gasteiger partial charge in [0.05, 0.1) is 17.3 Å². The number of alkyl halides is 3. The van der Waals surface area contributed by atoms with Crippen LogP contribution in [0.15, 0.2) is 22.0 Å². The molecule has 2 rings (SSSR count). The van der Waals surface area contributed by atoms with E-state index in [2.05, 4.69) is 18.8 Å². The molecule has 0 amide bonds. The standard InChI is InChI=1S/C18H22Cl2F3NS/c1-11(2)12-4-3-5-14(6-12)24-9-13-7-17(16(20)8-15(13)19)25-10-18(21,22)23/h7-8,11-12H,3-6,9-10H2,1-2H3/b24-14+. The minimum absolute atomic E-state index is 0.244. The van der Waals surface area contributed by atoms with Gasteiger partial charge < -0.3 is 0 Å². The van der Waals surface area contributed by atoms with Crippen molar-refractivity contribution in [3.8, 4) is 0 Å². The zero-order chi connectivity index (χ0) is 18.6. The van der Waals surface area contributed by atoms with Crippen molar-refractivity contribution in [3.63, 3.8) is 0 Å². The largest absolute Gasteiger partial charge is 0.398 e. The maximum absolute atomic E-state index is 12.4. The third-order valence-electron chi connectivity index (χ3n) is 4.45. The molecule has 1 aromatic carbocycles. The molecule has 0 aromatic heterocycles. The van der Waals surface area contributed by atoms with Gasteiger partial charge in [-0.1, -0.05) is 37.0 Å². The fourth-order valence-electron chi connectivity index (χ4n) is 2.95. The number of thioether (sulfide) groups is 1. The van der Waals surface area contributed by atoms with E-state index in [9.17, 15) is 13.2 Å². The molecule has 140 valence electrons. The Hall–Kier alpha value is -0.390. The Morgan fingerprint density at radius 3 is 2.60 bits per heavy atom. The van der Waals surface area contributed by atoms with Crippen LogP contribution in [0.2, 0.25) is 10.0 Å². The van der Waals surface area contributed by atoms with Crippen LogP contribution in [0, 0.1) is 11.8 Å². The van der Waals surface area contributed by atoms with Gasteiger partial charge in [-0.15, -0.1) is 11.8 Å². The van der Waals surface area contributed by atoms with E-state index in [1.165, 1.54) is 18.2 Å². The molecule has 1 saturated carbocycles. The van der Waals surface area contributed by atoms with Crippen molar-refractivity contribution in [1.29, 1.82) is 0 Å². The highest BCUT2D eigenvalue weighted by atomic mass is 35.5. The Bertz CT molecular complexity index is 629. The minimum Gasteiger partial charge on any atom is -0.289 e. The van der Waals surface area contributed by atoms with Crippen LogP contribution in [-0.4, -0.2) is 17.6 Å². The highest BCUT2D eigenvalue weighted by Gasteiger charge is 2.28. The van der Waals surface area contributed by atoms with E-state index in [4.69, 9.17) is 23.2 Å². The van der Waals surface area contributed by atoms with E-state index in [1.807, 2.05) is 0 Å². The van der Waals surface area contributed by atoms with Crippen LogP contribution in [0.25, 0.3) is 0 Å². The predicted octanol–water partition coefficient (Wildman–Crippen LogP) is 7.44. The summed E-state index contributed by atoms with van der Waals surface area (Å²) in [5.41, 5.74) is 1.90. The quantitative estimate of drug-likeness (QED) is 0.458. The second-order valence-corrected chi connectivity index (χ2v) is 8.59. The fourth-order valence-corrected chi connectivity index (χ4v) is 4.30. The summed E-state index contributed by atoms with van der Waals surface area (Å²) in [6.07, 6.45) is 0.129. The molecule has 1 atom stereocenters. The van der Waals surface area contributed by atoms with Gasteiger partial charge in [-0.3, -0.25) is 4.99 Å². The van der Waals surface area contributed by atoms with Gasteiger partial charge in [-0.05, 0) is 55.2 Å². The summed E-state index contributed by atoms with van der Waals surface area (Å²) < 4.78 is 37.3. The van der Waals surface area contributed by atoms with Crippen molar-refractivity contribution < 1.29 is 13.2 Å². The lowest BCUT2D eigenvalue weighted by atomic mass is 9.81. The van der Waals surface area contributed by atoms with Gasteiger partial charge in [0.2, 0.25) is 0 Å². The van der Waals surface area contributed by atoms with E-state index < -0.39 is 11.9 Å². The number of aliphatic imine (C=N–C) groups is 1. The SMILES string of the molecule is CC(C)C1CCC/C(=N\Cc2cc(SCC(F)(F)F)c(Cl)cc2Cl)C1. The summed E-state index contributed by atoms with van der Waals surface area (Å²) in [6.45, 7) is 4.84. The molecule has 0 aliphatic heterocycles. The Balaban J connectivity index is 2.09. The molecule has 0 radical (unpaired) electrons. The molecule has 0 spiro atoms. The first-order valence-electron chi connectivity index (χ1n) is 8.35. The number of nitrogens with zero attached hydrogens (tertiary/aromatic N) is 1. The van der Waals surface area contributed by atoms with Gasteiger partial charge in [0, 0.05) is 15.6 Å². The maximum Gasteiger partial charge on any atom is 0.398 e. The van der Waals surface area contributed by atoms with Gasteiger partial charge in [-0.2, -0.15) is 13.2 Å². The van der Waals surface area contributed by atoms with Crippen LogP contribution in [0.1, 0.15) is 45.1 Å². The fraction of sp³-hybridized carbons (Fsp3) is 0.611. The van der Waals surface area contributed by atoms with Gasteiger partial charge in [0.15, 0.2) is 0 Å². The van der Waals surface area contributed by atoms with E-state index in [0.717, 1.165) is 24.8 Å². The number of halogens is 5. The number of rotatable bonds is 5. The Labute approximate surface area is 161 Å². The molecule has 0 N–H and O–H groups in total. The smallest absolute Gasteiger partial charge is 0.289 e. The highest BCUT2D eigenvalue weighted by molar-refractivity contribution is 7.99. The Morgan fingerprint density at radius 1 is 1.24 bits per heavy atom. The second-order valence-electron chi connectivity index (χ2n) is 6.76. The van der Waals surface area contributed by atoms with Gasteiger partial charge >= 0.3 is 6.18 Å². The van der Waals surface area contributed by atoms with Gasteiger partial charge in [0.25, 0.3) is 0 Å². The van der Waals surface area contributed by atoms with Crippen molar-refractivity contribution in [2.45, 2.75) is 57.1 Å². The Morgan fingerprint density at radius 2 is 1.96 bits per heavy atom. The summed E-state index contributed by atoms with van der Waals surface area (Å²) >= 11 is 12.9. The lowest BCUT2D eigenvalue weighted by Crippen LogP contribution is -2.19. The first kappa shape index (κ1) is 20.9. The summed E-state index contributed by atoms with van der Waals surface area (Å²) in [6, 6.07) is 3.14. The summed E-state index contributed by atoms with van der Waals surface area (Å²) in [4.78, 5) is 5.08. The molecule has 25 heavy (non-hydrogen) atoms. The monoisotopic (exact) mass is 411 g/mol. The average molecular weight is 412 g/mol. The van der Waals surface area contributed by atoms with Gasteiger partial charge in [-0.25, -0.2) is 0 Å².